The van der Waals surface area contributed by atoms with Crippen LogP contribution in [0.5, 0.6) is 0 Å². The van der Waals surface area contributed by atoms with Crippen LogP contribution in [0.4, 0.5) is 0 Å². The van der Waals surface area contributed by atoms with E-state index in [2.05, 4.69) is 0 Å². The minimum absolute atomic E-state index is 0.219. The van der Waals surface area contributed by atoms with Crippen LogP contribution in [-0.2, 0) is 30.4 Å². The summed E-state index contributed by atoms with van der Waals surface area (Å²) in [6.07, 6.45) is 2.35. The van der Waals surface area contributed by atoms with Crippen molar-refractivity contribution in [2.24, 2.45) is 0 Å². The molecule has 0 aromatic heterocycles. The van der Waals surface area contributed by atoms with Crippen molar-refractivity contribution in [1.82, 2.24) is 5.06 Å². The van der Waals surface area contributed by atoms with E-state index >= 15 is 0 Å². The van der Waals surface area contributed by atoms with Crippen LogP contribution in [0.15, 0.2) is 60.7 Å². The average molecular weight is 440 g/mol. The molecule has 7 heteroatoms. The van der Waals surface area contributed by atoms with Crippen molar-refractivity contribution >= 4 is 12.0 Å². The van der Waals surface area contributed by atoms with Gasteiger partial charge in [-0.2, -0.15) is 0 Å². The highest BCUT2D eigenvalue weighted by atomic mass is 16.8. The van der Waals surface area contributed by atoms with E-state index in [-0.39, 0.29) is 24.2 Å². The SMILES string of the molecule is CON(C)C(=O)c1cccc(/C=C/[C@H]2O[C@H](OCc3ccccc3)[C@H]3OC(C)(C)O[C@H]32)c1. The highest BCUT2D eigenvalue weighted by Crippen LogP contribution is 2.40. The number of fused-ring (bicyclic) bond motifs is 1. The molecule has 2 fully saturated rings. The zero-order chi connectivity index (χ0) is 22.7. The van der Waals surface area contributed by atoms with Crippen LogP contribution in [-0.4, -0.2) is 55.5 Å². The van der Waals surface area contributed by atoms with Gasteiger partial charge in [-0.3, -0.25) is 9.63 Å². The van der Waals surface area contributed by atoms with Gasteiger partial charge >= 0.3 is 0 Å². The molecule has 2 aromatic rings. The second-order valence-electron chi connectivity index (χ2n) is 8.30. The van der Waals surface area contributed by atoms with E-state index in [0.29, 0.717) is 12.2 Å². The maximum Gasteiger partial charge on any atom is 0.277 e. The lowest BCUT2D eigenvalue weighted by molar-refractivity contribution is -0.231. The zero-order valence-corrected chi connectivity index (χ0v) is 18.8. The van der Waals surface area contributed by atoms with E-state index in [4.69, 9.17) is 23.8 Å². The summed E-state index contributed by atoms with van der Waals surface area (Å²) >= 11 is 0. The Morgan fingerprint density at radius 1 is 1.09 bits per heavy atom. The molecule has 0 saturated carbocycles. The van der Waals surface area contributed by atoms with Crippen molar-refractivity contribution < 1.29 is 28.6 Å². The summed E-state index contributed by atoms with van der Waals surface area (Å²) in [5.41, 5.74) is 2.46. The lowest BCUT2D eigenvalue weighted by atomic mass is 10.1. The van der Waals surface area contributed by atoms with Crippen molar-refractivity contribution in [3.8, 4) is 0 Å². The van der Waals surface area contributed by atoms with E-state index in [1.54, 1.807) is 19.2 Å². The Balaban J connectivity index is 1.47. The first-order valence-electron chi connectivity index (χ1n) is 10.6. The Kier molecular flexibility index (Phi) is 6.74. The molecule has 32 heavy (non-hydrogen) atoms. The number of hydrogen-bond donors (Lipinski definition) is 0. The molecule has 0 bridgehead atoms. The minimum Gasteiger partial charge on any atom is -0.345 e. The van der Waals surface area contributed by atoms with Gasteiger partial charge in [0.05, 0.1) is 13.7 Å². The second-order valence-corrected chi connectivity index (χ2v) is 8.30. The first-order valence-corrected chi connectivity index (χ1v) is 10.6. The molecule has 2 saturated heterocycles. The number of rotatable bonds is 7. The first-order chi connectivity index (χ1) is 15.4. The first kappa shape index (κ1) is 22.6. The van der Waals surface area contributed by atoms with Crippen molar-refractivity contribution in [3.05, 3.63) is 77.4 Å². The third-order valence-corrected chi connectivity index (χ3v) is 5.48. The van der Waals surface area contributed by atoms with E-state index in [0.717, 1.165) is 11.1 Å². The van der Waals surface area contributed by atoms with Gasteiger partial charge in [0, 0.05) is 12.6 Å². The van der Waals surface area contributed by atoms with Crippen LogP contribution in [0, 0.1) is 0 Å². The standard InChI is InChI=1S/C25H29NO6/c1-25(2)31-21-20(14-13-17-11-8-12-19(15-17)23(27)26(3)28-4)30-24(22(21)32-25)29-16-18-9-6-5-7-10-18/h5-15,20-22,24H,16H2,1-4H3/b14-13+/t20-,21+,22+,24+/m1/s1. The monoisotopic (exact) mass is 439 g/mol. The van der Waals surface area contributed by atoms with Crippen LogP contribution in [0.2, 0.25) is 0 Å². The molecule has 0 N–H and O–H groups in total. The summed E-state index contributed by atoms with van der Waals surface area (Å²) in [4.78, 5) is 17.3. The molecular weight excluding hydrogens is 410 g/mol. The second kappa shape index (κ2) is 9.52. The number of carbonyl (C=O) groups is 1. The van der Waals surface area contributed by atoms with E-state index < -0.39 is 12.1 Å². The van der Waals surface area contributed by atoms with E-state index in [1.807, 2.05) is 68.5 Å². The number of nitrogens with zero attached hydrogens (tertiary/aromatic N) is 1. The summed E-state index contributed by atoms with van der Waals surface area (Å²) in [5, 5.41) is 1.19. The maximum atomic E-state index is 12.3. The number of carbonyl (C=O) groups excluding carboxylic acids is 1. The Hall–Kier alpha value is -2.55. The predicted molar refractivity (Wildman–Crippen MR) is 118 cm³/mol. The Bertz CT molecular complexity index is 960. The number of amides is 1. The maximum absolute atomic E-state index is 12.3. The fourth-order valence-corrected chi connectivity index (χ4v) is 3.88. The zero-order valence-electron chi connectivity index (χ0n) is 18.8. The molecule has 0 aliphatic carbocycles. The summed E-state index contributed by atoms with van der Waals surface area (Å²) in [6, 6.07) is 17.3. The molecule has 4 rings (SSSR count). The molecule has 2 aliphatic rings. The third-order valence-electron chi connectivity index (χ3n) is 5.48. The molecule has 1 amide bonds. The Labute approximate surface area is 188 Å². The highest BCUT2D eigenvalue weighted by Gasteiger charge is 2.55. The van der Waals surface area contributed by atoms with Gasteiger partial charge in [0.1, 0.15) is 18.3 Å². The van der Waals surface area contributed by atoms with Gasteiger partial charge in [0.25, 0.3) is 5.91 Å². The van der Waals surface area contributed by atoms with E-state index in [9.17, 15) is 4.79 Å². The predicted octanol–water partition coefficient (Wildman–Crippen LogP) is 3.80. The summed E-state index contributed by atoms with van der Waals surface area (Å²) < 4.78 is 24.4. The molecule has 2 aliphatic heterocycles. The van der Waals surface area contributed by atoms with Crippen molar-refractivity contribution in [1.29, 1.82) is 0 Å². The Morgan fingerprint density at radius 3 is 2.59 bits per heavy atom. The van der Waals surface area contributed by atoms with Gasteiger partial charge in [-0.1, -0.05) is 54.6 Å². The molecule has 7 nitrogen and oxygen atoms in total. The number of hydroxylamine groups is 2. The number of benzene rings is 2. The largest absolute Gasteiger partial charge is 0.345 e. The van der Waals surface area contributed by atoms with Gasteiger partial charge in [-0.25, -0.2) is 5.06 Å². The summed E-state index contributed by atoms with van der Waals surface area (Å²) in [7, 11) is 3.03. The molecule has 0 spiro atoms. The smallest absolute Gasteiger partial charge is 0.277 e. The summed E-state index contributed by atoms with van der Waals surface area (Å²) in [6.45, 7) is 4.20. The number of ether oxygens (including phenoxy) is 4. The quantitative estimate of drug-likeness (QED) is 0.612. The van der Waals surface area contributed by atoms with Crippen molar-refractivity contribution in [2.45, 2.75) is 50.8 Å². The van der Waals surface area contributed by atoms with Gasteiger partial charge in [-0.05, 0) is 37.1 Å². The normalized spacial score (nSPS) is 26.4. The topological polar surface area (TPSA) is 66.5 Å². The lowest BCUT2D eigenvalue weighted by Crippen LogP contribution is -2.31. The highest BCUT2D eigenvalue weighted by molar-refractivity contribution is 5.93. The molecular formula is C25H29NO6. The van der Waals surface area contributed by atoms with Gasteiger partial charge in [-0.15, -0.1) is 0 Å². The van der Waals surface area contributed by atoms with Crippen LogP contribution in [0.3, 0.4) is 0 Å². The lowest BCUT2D eigenvalue weighted by Gasteiger charge is -2.23. The molecule has 2 heterocycles. The van der Waals surface area contributed by atoms with Gasteiger partial charge in [0.15, 0.2) is 12.1 Å². The molecule has 0 radical (unpaired) electrons. The minimum atomic E-state index is -0.712. The Morgan fingerprint density at radius 2 is 1.84 bits per heavy atom. The van der Waals surface area contributed by atoms with Gasteiger partial charge in [0.2, 0.25) is 0 Å². The molecule has 4 atom stereocenters. The van der Waals surface area contributed by atoms with Crippen LogP contribution >= 0.6 is 0 Å². The fourth-order valence-electron chi connectivity index (χ4n) is 3.88. The average Bonchev–Trinajstić information content (AvgIpc) is 3.29. The number of hydrogen-bond acceptors (Lipinski definition) is 6. The van der Waals surface area contributed by atoms with Crippen LogP contribution < -0.4 is 0 Å². The van der Waals surface area contributed by atoms with E-state index in [1.165, 1.54) is 12.2 Å². The molecule has 0 unspecified atom stereocenters. The molecule has 2 aromatic carbocycles. The van der Waals surface area contributed by atoms with Crippen LogP contribution in [0.25, 0.3) is 6.08 Å². The molecule has 170 valence electrons. The van der Waals surface area contributed by atoms with Crippen molar-refractivity contribution in [3.63, 3.8) is 0 Å². The third kappa shape index (κ3) is 5.09. The van der Waals surface area contributed by atoms with Crippen LogP contribution in [0.1, 0.15) is 35.3 Å². The van der Waals surface area contributed by atoms with Gasteiger partial charge < -0.3 is 18.9 Å². The van der Waals surface area contributed by atoms with Crippen molar-refractivity contribution in [2.75, 3.05) is 14.2 Å². The summed E-state index contributed by atoms with van der Waals surface area (Å²) in [5.74, 6) is -0.931. The fraction of sp³-hybridized carbons (Fsp3) is 0.400.